The molecule has 0 aliphatic heterocycles. The smallest absolute Gasteiger partial charge is 0.131 e. The van der Waals surface area contributed by atoms with Crippen molar-refractivity contribution in [3.63, 3.8) is 0 Å². The summed E-state index contributed by atoms with van der Waals surface area (Å²) in [6.45, 7) is 0. The largest absolute Gasteiger partial charge is 0.207 e. The van der Waals surface area contributed by atoms with Gasteiger partial charge in [-0.2, -0.15) is 0 Å². The number of hydrogen-bond donors (Lipinski definition) is 0. The van der Waals surface area contributed by atoms with E-state index in [9.17, 15) is 8.78 Å². The van der Waals surface area contributed by atoms with Crippen LogP contribution in [0.3, 0.4) is 0 Å². The van der Waals surface area contributed by atoms with E-state index in [0.717, 1.165) is 6.07 Å². The van der Waals surface area contributed by atoms with Gasteiger partial charge in [0, 0.05) is 11.1 Å². The molecule has 0 amide bonds. The van der Waals surface area contributed by atoms with E-state index in [0.29, 0.717) is 5.56 Å². The Bertz CT molecular complexity index is 495. The van der Waals surface area contributed by atoms with Crippen molar-refractivity contribution >= 4 is 11.6 Å². The third-order valence-corrected chi connectivity index (χ3v) is 2.32. The highest BCUT2D eigenvalue weighted by Crippen LogP contribution is 2.29. The molecule has 0 fully saturated rings. The van der Waals surface area contributed by atoms with Gasteiger partial charge in [-0.15, -0.1) is 0 Å². The number of hydrogen-bond acceptors (Lipinski definition) is 0. The van der Waals surface area contributed by atoms with Crippen LogP contribution < -0.4 is 0 Å². The third kappa shape index (κ3) is 2.00. The zero-order valence-electron chi connectivity index (χ0n) is 7.60. The Labute approximate surface area is 91.1 Å². The lowest BCUT2D eigenvalue weighted by molar-refractivity contribution is 0.625. The van der Waals surface area contributed by atoms with Crippen molar-refractivity contribution in [1.82, 2.24) is 0 Å². The highest BCUT2D eigenvalue weighted by atomic mass is 35.5. The van der Waals surface area contributed by atoms with Crippen LogP contribution in [0.1, 0.15) is 0 Å². The number of benzene rings is 2. The first-order valence-electron chi connectivity index (χ1n) is 4.30. The van der Waals surface area contributed by atoms with E-state index in [2.05, 4.69) is 6.07 Å². The van der Waals surface area contributed by atoms with Crippen LogP contribution in [0.15, 0.2) is 36.4 Å². The van der Waals surface area contributed by atoms with Gasteiger partial charge in [0.15, 0.2) is 0 Å². The van der Waals surface area contributed by atoms with Gasteiger partial charge in [-0.3, -0.25) is 0 Å². The molecule has 0 aliphatic carbocycles. The maximum atomic E-state index is 13.4. The van der Waals surface area contributed by atoms with E-state index in [1.54, 1.807) is 6.07 Å². The zero-order valence-corrected chi connectivity index (χ0v) is 8.35. The zero-order chi connectivity index (χ0) is 10.8. The van der Waals surface area contributed by atoms with Crippen LogP contribution in [-0.2, 0) is 0 Å². The fourth-order valence-corrected chi connectivity index (χ4v) is 1.58. The fourth-order valence-electron chi connectivity index (χ4n) is 1.31. The molecular formula is C12H6ClF2. The van der Waals surface area contributed by atoms with Crippen LogP contribution in [0.4, 0.5) is 8.78 Å². The second kappa shape index (κ2) is 3.99. The summed E-state index contributed by atoms with van der Waals surface area (Å²) in [5, 5.41) is 0.177. The second-order valence-electron chi connectivity index (χ2n) is 3.02. The van der Waals surface area contributed by atoms with E-state index >= 15 is 0 Å². The van der Waals surface area contributed by atoms with E-state index in [4.69, 9.17) is 11.6 Å². The molecule has 0 bridgehead atoms. The van der Waals surface area contributed by atoms with Gasteiger partial charge in [-0.25, -0.2) is 8.78 Å². The molecule has 15 heavy (non-hydrogen) atoms. The summed E-state index contributed by atoms with van der Waals surface area (Å²) < 4.78 is 26.1. The van der Waals surface area contributed by atoms with Gasteiger partial charge in [0.2, 0.25) is 0 Å². The molecule has 0 spiro atoms. The Hall–Kier alpha value is -1.41. The quantitative estimate of drug-likeness (QED) is 0.683. The molecule has 0 saturated carbocycles. The molecule has 3 heteroatoms. The van der Waals surface area contributed by atoms with Crippen molar-refractivity contribution in [3.05, 3.63) is 59.1 Å². The monoisotopic (exact) mass is 223 g/mol. The summed E-state index contributed by atoms with van der Waals surface area (Å²) in [7, 11) is 0. The van der Waals surface area contributed by atoms with Gasteiger partial charge in [-0.1, -0.05) is 23.7 Å². The standard InChI is InChI=1S/C12H6ClF2/c13-11-7-8(14)5-6-9(11)10-3-1-2-4-12(10)15/h1-2,4-7H. The predicted octanol–water partition coefficient (Wildman–Crippen LogP) is 4.09. The molecule has 2 aromatic rings. The lowest BCUT2D eigenvalue weighted by Gasteiger charge is -2.04. The maximum Gasteiger partial charge on any atom is 0.131 e. The maximum absolute atomic E-state index is 13.4. The molecule has 75 valence electrons. The van der Waals surface area contributed by atoms with Gasteiger partial charge in [0.25, 0.3) is 0 Å². The summed E-state index contributed by atoms with van der Waals surface area (Å²) in [4.78, 5) is 0. The first-order valence-corrected chi connectivity index (χ1v) is 4.68. The predicted molar refractivity (Wildman–Crippen MR) is 55.6 cm³/mol. The van der Waals surface area contributed by atoms with Gasteiger partial charge in [0.05, 0.1) is 5.02 Å². The minimum atomic E-state index is -0.444. The molecule has 0 nitrogen and oxygen atoms in total. The average Bonchev–Trinajstić information content (AvgIpc) is 2.20. The molecule has 2 aromatic carbocycles. The Kier molecular flexibility index (Phi) is 2.69. The van der Waals surface area contributed by atoms with Crippen LogP contribution in [0.2, 0.25) is 5.02 Å². The van der Waals surface area contributed by atoms with Crippen molar-refractivity contribution in [2.45, 2.75) is 0 Å². The molecule has 0 N–H and O–H groups in total. The van der Waals surface area contributed by atoms with Crippen molar-refractivity contribution in [1.29, 1.82) is 0 Å². The van der Waals surface area contributed by atoms with Crippen LogP contribution in [-0.4, -0.2) is 0 Å². The van der Waals surface area contributed by atoms with Crippen LogP contribution >= 0.6 is 11.6 Å². The minimum Gasteiger partial charge on any atom is -0.207 e. The summed E-state index contributed by atoms with van der Waals surface area (Å²) in [5.41, 5.74) is 0.693. The Balaban J connectivity index is 2.60. The van der Waals surface area contributed by atoms with Gasteiger partial charge >= 0.3 is 0 Å². The van der Waals surface area contributed by atoms with Crippen LogP contribution in [0, 0.1) is 17.7 Å². The number of rotatable bonds is 1. The molecule has 0 saturated heterocycles. The first kappa shape index (κ1) is 10.1. The van der Waals surface area contributed by atoms with Gasteiger partial charge in [0.1, 0.15) is 11.6 Å². The third-order valence-electron chi connectivity index (χ3n) is 2.01. The Morgan fingerprint density at radius 3 is 2.60 bits per heavy atom. The molecule has 0 atom stereocenters. The summed E-state index contributed by atoms with van der Waals surface area (Å²) in [6.07, 6.45) is 0. The Morgan fingerprint density at radius 2 is 1.93 bits per heavy atom. The molecule has 0 unspecified atom stereocenters. The van der Waals surface area contributed by atoms with Crippen LogP contribution in [0.5, 0.6) is 0 Å². The van der Waals surface area contributed by atoms with E-state index in [-0.39, 0.29) is 10.6 Å². The normalized spacial score (nSPS) is 10.3. The highest BCUT2D eigenvalue weighted by molar-refractivity contribution is 6.33. The molecule has 0 heterocycles. The van der Waals surface area contributed by atoms with Crippen molar-refractivity contribution in [2.75, 3.05) is 0 Å². The molecule has 2 rings (SSSR count). The van der Waals surface area contributed by atoms with E-state index in [1.807, 2.05) is 0 Å². The van der Waals surface area contributed by atoms with Gasteiger partial charge in [-0.05, 0) is 30.3 Å². The second-order valence-corrected chi connectivity index (χ2v) is 3.42. The topological polar surface area (TPSA) is 0 Å². The molecular weight excluding hydrogens is 218 g/mol. The van der Waals surface area contributed by atoms with E-state index < -0.39 is 11.6 Å². The van der Waals surface area contributed by atoms with Gasteiger partial charge < -0.3 is 0 Å². The summed E-state index contributed by atoms with van der Waals surface area (Å²) in [6, 6.07) is 11.0. The van der Waals surface area contributed by atoms with Crippen molar-refractivity contribution < 1.29 is 8.78 Å². The first-order chi connectivity index (χ1) is 7.18. The summed E-state index contributed by atoms with van der Waals surface area (Å²) >= 11 is 5.81. The summed E-state index contributed by atoms with van der Waals surface area (Å²) in [5.74, 6) is -0.869. The molecule has 0 aromatic heterocycles. The van der Waals surface area contributed by atoms with Crippen molar-refractivity contribution in [2.24, 2.45) is 0 Å². The minimum absolute atomic E-state index is 0.177. The lowest BCUT2D eigenvalue weighted by Crippen LogP contribution is -1.86. The average molecular weight is 224 g/mol. The molecule has 0 aliphatic rings. The Morgan fingerprint density at radius 1 is 1.13 bits per heavy atom. The fraction of sp³-hybridized carbons (Fsp3) is 0. The highest BCUT2D eigenvalue weighted by Gasteiger charge is 2.08. The number of halogens is 3. The van der Waals surface area contributed by atoms with Crippen molar-refractivity contribution in [3.8, 4) is 11.1 Å². The SMILES string of the molecule is Fc1ccc(-c2[c]cccc2F)c(Cl)c1. The lowest BCUT2D eigenvalue weighted by atomic mass is 10.1. The van der Waals surface area contributed by atoms with E-state index in [1.165, 1.54) is 24.3 Å². The molecule has 1 radical (unpaired) electrons. The van der Waals surface area contributed by atoms with Crippen LogP contribution in [0.25, 0.3) is 11.1 Å².